The Morgan fingerprint density at radius 1 is 1.36 bits per heavy atom. The number of amides is 1. The third-order valence-corrected chi connectivity index (χ3v) is 6.82. The molecule has 1 aliphatic rings. The van der Waals surface area contributed by atoms with Gasteiger partial charge in [0.05, 0.1) is 10.9 Å². The van der Waals surface area contributed by atoms with E-state index in [0.717, 1.165) is 36.9 Å². The Balaban J connectivity index is 1.71. The molecule has 0 saturated carbocycles. The fourth-order valence-corrected chi connectivity index (χ4v) is 5.18. The summed E-state index contributed by atoms with van der Waals surface area (Å²) in [4.78, 5) is 21.1. The first kappa shape index (κ1) is 18.5. The standard InChI is InChI=1S/C19H27N3OS2/c1-12(2)10-22-14(4)13(3)20-19(22)25-15(5)18(23)21-8-6-17-16(11-21)7-9-24-17/h7,9,12,15H,6,8,10-11H2,1-5H3. The highest BCUT2D eigenvalue weighted by atomic mass is 32.2. The highest BCUT2D eigenvalue weighted by Crippen LogP contribution is 2.29. The summed E-state index contributed by atoms with van der Waals surface area (Å²) in [6, 6.07) is 2.15. The maximum absolute atomic E-state index is 12.9. The summed E-state index contributed by atoms with van der Waals surface area (Å²) in [5, 5.41) is 2.98. The zero-order valence-corrected chi connectivity index (χ0v) is 17.3. The lowest BCUT2D eigenvalue weighted by Gasteiger charge is -2.29. The summed E-state index contributed by atoms with van der Waals surface area (Å²) in [5.41, 5.74) is 3.58. The van der Waals surface area contributed by atoms with Crippen LogP contribution in [-0.4, -0.2) is 32.2 Å². The molecule has 0 spiro atoms. The molecule has 1 aliphatic heterocycles. The van der Waals surface area contributed by atoms with Crippen LogP contribution in [0.5, 0.6) is 0 Å². The number of hydrogen-bond donors (Lipinski definition) is 0. The number of thiophene rings is 1. The van der Waals surface area contributed by atoms with Gasteiger partial charge in [0.25, 0.3) is 0 Å². The van der Waals surface area contributed by atoms with Gasteiger partial charge in [0.15, 0.2) is 5.16 Å². The van der Waals surface area contributed by atoms with Crippen LogP contribution in [0.4, 0.5) is 0 Å². The van der Waals surface area contributed by atoms with E-state index in [-0.39, 0.29) is 11.2 Å². The lowest BCUT2D eigenvalue weighted by Crippen LogP contribution is -2.39. The number of aromatic nitrogens is 2. The first-order valence-corrected chi connectivity index (χ1v) is 10.7. The number of carbonyl (C=O) groups is 1. The van der Waals surface area contributed by atoms with Crippen LogP contribution in [0.2, 0.25) is 0 Å². The number of aryl methyl sites for hydroxylation is 1. The Labute approximate surface area is 158 Å². The maximum Gasteiger partial charge on any atom is 0.236 e. The van der Waals surface area contributed by atoms with Gasteiger partial charge in [0, 0.05) is 30.2 Å². The van der Waals surface area contributed by atoms with Crippen LogP contribution in [0.25, 0.3) is 0 Å². The van der Waals surface area contributed by atoms with Gasteiger partial charge in [0.1, 0.15) is 0 Å². The molecular formula is C19H27N3OS2. The Hall–Kier alpha value is -1.27. The van der Waals surface area contributed by atoms with Crippen molar-refractivity contribution in [2.45, 2.75) is 64.5 Å². The van der Waals surface area contributed by atoms with Crippen molar-refractivity contribution in [1.82, 2.24) is 14.5 Å². The van der Waals surface area contributed by atoms with E-state index in [0.29, 0.717) is 5.92 Å². The van der Waals surface area contributed by atoms with Gasteiger partial charge in [-0.3, -0.25) is 4.79 Å². The van der Waals surface area contributed by atoms with Gasteiger partial charge in [-0.05, 0) is 50.1 Å². The molecule has 0 bridgehead atoms. The van der Waals surface area contributed by atoms with Gasteiger partial charge in [-0.1, -0.05) is 25.6 Å². The van der Waals surface area contributed by atoms with Gasteiger partial charge in [0.2, 0.25) is 5.91 Å². The molecule has 136 valence electrons. The van der Waals surface area contributed by atoms with Crippen LogP contribution in [0.1, 0.15) is 42.6 Å². The average Bonchev–Trinajstić information content (AvgIpc) is 3.13. The second-order valence-corrected chi connectivity index (χ2v) is 9.52. The summed E-state index contributed by atoms with van der Waals surface area (Å²) in [5.74, 6) is 0.771. The zero-order chi connectivity index (χ0) is 18.1. The molecule has 0 aromatic carbocycles. The summed E-state index contributed by atoms with van der Waals surface area (Å²) in [6.45, 7) is 13.1. The number of nitrogens with zero attached hydrogens (tertiary/aromatic N) is 3. The highest BCUT2D eigenvalue weighted by molar-refractivity contribution is 8.00. The lowest BCUT2D eigenvalue weighted by atomic mass is 10.1. The SMILES string of the molecule is Cc1nc(SC(C)C(=O)N2CCc3sccc3C2)n(CC(C)C)c1C. The second kappa shape index (κ2) is 7.54. The molecule has 1 atom stereocenters. The minimum absolute atomic E-state index is 0.118. The van der Waals surface area contributed by atoms with Gasteiger partial charge in [-0.15, -0.1) is 11.3 Å². The molecule has 1 unspecified atom stereocenters. The molecule has 3 rings (SSSR count). The van der Waals surface area contributed by atoms with Crippen molar-refractivity contribution in [3.8, 4) is 0 Å². The quantitative estimate of drug-likeness (QED) is 0.730. The van der Waals surface area contributed by atoms with E-state index in [9.17, 15) is 4.79 Å². The Bertz CT molecular complexity index is 763. The monoisotopic (exact) mass is 377 g/mol. The predicted octanol–water partition coefficient (Wildman–Crippen LogP) is 4.28. The first-order valence-electron chi connectivity index (χ1n) is 8.91. The number of imidazole rings is 1. The highest BCUT2D eigenvalue weighted by Gasteiger charge is 2.27. The van der Waals surface area contributed by atoms with Crippen molar-refractivity contribution in [2.24, 2.45) is 5.92 Å². The summed E-state index contributed by atoms with van der Waals surface area (Å²) < 4.78 is 2.27. The minimum atomic E-state index is -0.118. The average molecular weight is 378 g/mol. The number of rotatable bonds is 5. The van der Waals surface area contributed by atoms with E-state index in [2.05, 4.69) is 36.8 Å². The minimum Gasteiger partial charge on any atom is -0.337 e. The van der Waals surface area contributed by atoms with E-state index in [1.807, 2.05) is 18.7 Å². The molecular weight excluding hydrogens is 350 g/mol. The van der Waals surface area contributed by atoms with Gasteiger partial charge in [-0.2, -0.15) is 0 Å². The van der Waals surface area contributed by atoms with Crippen LogP contribution in [0.3, 0.4) is 0 Å². The second-order valence-electron chi connectivity index (χ2n) is 7.21. The summed E-state index contributed by atoms with van der Waals surface area (Å²) in [7, 11) is 0. The Kier molecular flexibility index (Phi) is 5.58. The topological polar surface area (TPSA) is 38.1 Å². The smallest absolute Gasteiger partial charge is 0.236 e. The van der Waals surface area contributed by atoms with Crippen LogP contribution in [0.15, 0.2) is 16.6 Å². The summed E-state index contributed by atoms with van der Waals surface area (Å²) in [6.07, 6.45) is 0.982. The number of thioether (sulfide) groups is 1. The molecule has 0 radical (unpaired) electrons. The molecule has 3 heterocycles. The molecule has 25 heavy (non-hydrogen) atoms. The van der Waals surface area contributed by atoms with Crippen LogP contribution >= 0.6 is 23.1 Å². The number of hydrogen-bond acceptors (Lipinski definition) is 4. The molecule has 4 nitrogen and oxygen atoms in total. The zero-order valence-electron chi connectivity index (χ0n) is 15.7. The van der Waals surface area contributed by atoms with Crippen molar-refractivity contribution in [3.63, 3.8) is 0 Å². The normalized spacial score (nSPS) is 15.5. The third kappa shape index (κ3) is 3.95. The van der Waals surface area contributed by atoms with E-state index in [4.69, 9.17) is 4.98 Å². The van der Waals surface area contributed by atoms with E-state index < -0.39 is 0 Å². The Morgan fingerprint density at radius 3 is 2.84 bits per heavy atom. The van der Waals surface area contributed by atoms with E-state index in [1.165, 1.54) is 16.1 Å². The lowest BCUT2D eigenvalue weighted by molar-refractivity contribution is -0.131. The van der Waals surface area contributed by atoms with Crippen molar-refractivity contribution in [2.75, 3.05) is 6.54 Å². The van der Waals surface area contributed by atoms with Gasteiger partial charge < -0.3 is 9.47 Å². The fourth-order valence-electron chi connectivity index (χ4n) is 3.20. The van der Waals surface area contributed by atoms with Crippen molar-refractivity contribution in [3.05, 3.63) is 33.3 Å². The van der Waals surface area contributed by atoms with Crippen LogP contribution < -0.4 is 0 Å². The molecule has 0 aliphatic carbocycles. The molecule has 0 N–H and O–H groups in total. The van der Waals surface area contributed by atoms with Gasteiger partial charge >= 0.3 is 0 Å². The number of fused-ring (bicyclic) bond motifs is 1. The molecule has 0 fully saturated rings. The van der Waals surface area contributed by atoms with Crippen molar-refractivity contribution in [1.29, 1.82) is 0 Å². The molecule has 0 saturated heterocycles. The van der Waals surface area contributed by atoms with Crippen LogP contribution in [-0.2, 0) is 24.3 Å². The maximum atomic E-state index is 12.9. The molecule has 2 aromatic heterocycles. The fraction of sp³-hybridized carbons (Fsp3) is 0.579. The van der Waals surface area contributed by atoms with Gasteiger partial charge in [-0.25, -0.2) is 4.98 Å². The molecule has 6 heteroatoms. The Morgan fingerprint density at radius 2 is 2.12 bits per heavy atom. The largest absolute Gasteiger partial charge is 0.337 e. The predicted molar refractivity (Wildman–Crippen MR) is 105 cm³/mol. The molecule has 1 amide bonds. The van der Waals surface area contributed by atoms with E-state index >= 15 is 0 Å². The van der Waals surface area contributed by atoms with Crippen molar-refractivity contribution >= 4 is 29.0 Å². The van der Waals surface area contributed by atoms with E-state index in [1.54, 1.807) is 23.1 Å². The van der Waals surface area contributed by atoms with Crippen LogP contribution in [0, 0.1) is 19.8 Å². The molecule has 2 aromatic rings. The third-order valence-electron chi connectivity index (χ3n) is 4.72. The number of carbonyl (C=O) groups excluding carboxylic acids is 1. The summed E-state index contributed by atoms with van der Waals surface area (Å²) >= 11 is 3.40. The first-order chi connectivity index (χ1) is 11.9. The van der Waals surface area contributed by atoms with Crippen molar-refractivity contribution < 1.29 is 4.79 Å².